The van der Waals surface area contributed by atoms with Crippen LogP contribution >= 0.6 is 0 Å². The molecule has 0 spiro atoms. The van der Waals surface area contributed by atoms with E-state index in [1.54, 1.807) is 0 Å². The molecule has 0 N–H and O–H groups in total. The molecule has 0 aliphatic rings. The first-order chi connectivity index (χ1) is 0. The number of hydrogen-bond acceptors (Lipinski definition) is 0. The second-order valence-electron chi connectivity index (χ2n) is 0. The van der Waals surface area contributed by atoms with Gasteiger partial charge in [0.05, 0.1) is 8.41 Å². The van der Waals surface area contributed by atoms with Crippen molar-refractivity contribution in [2.24, 2.45) is 0 Å². The molecule has 1 radical (unpaired) electrons. The van der Waals surface area contributed by atoms with Gasteiger partial charge >= 0.3 is 0 Å². The van der Waals surface area contributed by atoms with E-state index in [9.17, 15) is 0 Å². The average molecular weight is 269 g/mol. The Morgan fingerprint density at radius 3 is 1.00 bits per heavy atom. The van der Waals surface area contributed by atoms with Crippen LogP contribution in [0.5, 0.6) is 0 Å². The van der Waals surface area contributed by atoms with E-state index in [4.69, 9.17) is 0 Å². The van der Waals surface area contributed by atoms with Crippen molar-refractivity contribution in [2.45, 2.75) is 0 Å². The molecule has 0 rings (SSSR count). The average Bonchev–Trinajstić information content (AvgIpc) is 0. The second-order valence-corrected chi connectivity index (χ2v) is 0. The van der Waals surface area contributed by atoms with Gasteiger partial charge in [-0.25, -0.2) is 0 Å². The van der Waals surface area contributed by atoms with E-state index in [2.05, 4.69) is 0 Å². The molecule has 0 unspecified atom stereocenters. The van der Waals surface area contributed by atoms with Gasteiger partial charge in [-0.2, -0.15) is 0 Å². The van der Waals surface area contributed by atoms with Crippen molar-refractivity contribution in [3.05, 3.63) is 0 Å². The Balaban J connectivity index is 0. The van der Waals surface area contributed by atoms with Crippen LogP contribution in [-0.2, 0) is 33.8 Å². The van der Waals surface area contributed by atoms with Gasteiger partial charge in [0.25, 0.3) is 0 Å². The molecule has 0 aromatic rings. The molecular formula is H3BCeCoFe. The topological polar surface area (TPSA) is 0 Å². The van der Waals surface area contributed by atoms with Gasteiger partial charge in [0.2, 0.25) is 0 Å². The van der Waals surface area contributed by atoms with Gasteiger partial charge in [-0.15, -0.1) is 0 Å². The molecule has 0 aromatic heterocycles. The Bertz CT molecular complexity index is 8.00. The van der Waals surface area contributed by atoms with Crippen LogP contribution in [0.25, 0.3) is 0 Å². The van der Waals surface area contributed by atoms with Crippen LogP contribution in [0.4, 0.5) is 0 Å². The summed E-state index contributed by atoms with van der Waals surface area (Å²) >= 11 is 0. The molecule has 0 aromatic carbocycles. The summed E-state index contributed by atoms with van der Waals surface area (Å²) in [6, 6.07) is 0. The normalized spacial score (nSPS) is 0. The Hall–Kier alpha value is 2.47. The standard InChI is InChI=1S/BH3.Ce.Co.Fe/h1H3;;;. The smallest absolute Gasteiger partial charge is 0 e. The summed E-state index contributed by atoms with van der Waals surface area (Å²) < 4.78 is 0. The van der Waals surface area contributed by atoms with E-state index in [0.29, 0.717) is 0 Å². The molecule has 27 valence electrons. The van der Waals surface area contributed by atoms with Crippen molar-refractivity contribution in [3.63, 3.8) is 0 Å². The molecule has 0 bridgehead atoms. The van der Waals surface area contributed by atoms with Crippen molar-refractivity contribution >= 4 is 8.41 Å². The fourth-order valence-corrected chi connectivity index (χ4v) is 0. The molecular weight excluding hydrogens is 266 g/mol. The first-order valence-electron chi connectivity index (χ1n) is 0. The van der Waals surface area contributed by atoms with Crippen LogP contribution in [0.3, 0.4) is 0 Å². The molecule has 0 atom stereocenters. The number of rotatable bonds is 0. The summed E-state index contributed by atoms with van der Waals surface area (Å²) in [6.45, 7) is 0. The van der Waals surface area contributed by atoms with Crippen molar-refractivity contribution in [1.29, 1.82) is 0 Å². The van der Waals surface area contributed by atoms with E-state index in [0.717, 1.165) is 0 Å². The van der Waals surface area contributed by atoms with Crippen molar-refractivity contribution < 1.29 is 75.6 Å². The maximum absolute atomic E-state index is 0. The molecule has 0 saturated heterocycles. The third-order valence-corrected chi connectivity index (χ3v) is 0. The van der Waals surface area contributed by atoms with Crippen LogP contribution in [0.1, 0.15) is 0 Å². The molecule has 0 saturated carbocycles. The number of hydrogen-bond donors (Lipinski definition) is 0. The van der Waals surface area contributed by atoms with E-state index in [-0.39, 0.29) is 84.0 Å². The maximum Gasteiger partial charge on any atom is 0.0814 e. The predicted octanol–water partition coefficient (Wildman–Crippen LogP) is -1.19. The van der Waals surface area contributed by atoms with Gasteiger partial charge in [0, 0.05) is 75.6 Å². The zero-order valence-corrected chi connectivity index (χ0v) is 6.47. The van der Waals surface area contributed by atoms with Gasteiger partial charge in [0.1, 0.15) is 0 Å². The van der Waals surface area contributed by atoms with Crippen molar-refractivity contribution in [1.82, 2.24) is 0 Å². The monoisotopic (exact) mass is 269 g/mol. The van der Waals surface area contributed by atoms with E-state index < -0.39 is 0 Å². The predicted molar refractivity (Wildman–Crippen MR) is 9.94 cm³/mol. The van der Waals surface area contributed by atoms with Crippen molar-refractivity contribution in [2.75, 3.05) is 0 Å². The Labute approximate surface area is 82.5 Å². The van der Waals surface area contributed by atoms with Crippen LogP contribution in [0, 0.1) is 41.7 Å². The molecule has 0 aliphatic heterocycles. The summed E-state index contributed by atoms with van der Waals surface area (Å²) in [5.41, 5.74) is 0. The summed E-state index contributed by atoms with van der Waals surface area (Å²) in [7, 11) is 0. The minimum Gasteiger partial charge on any atom is 0 e. The van der Waals surface area contributed by atoms with Crippen molar-refractivity contribution in [3.8, 4) is 0 Å². The summed E-state index contributed by atoms with van der Waals surface area (Å²) in [6.07, 6.45) is 0. The van der Waals surface area contributed by atoms with Gasteiger partial charge in [-0.1, -0.05) is 0 Å². The third-order valence-electron chi connectivity index (χ3n) is 0. The Morgan fingerprint density at radius 1 is 1.00 bits per heavy atom. The second kappa shape index (κ2) is 17.9. The zero-order chi connectivity index (χ0) is 0. The molecule has 4 heteroatoms. The molecule has 0 heterocycles. The largest absolute Gasteiger partial charge is 0.0814 e. The Morgan fingerprint density at radius 2 is 1.00 bits per heavy atom. The quantitative estimate of drug-likeness (QED) is 0.485. The summed E-state index contributed by atoms with van der Waals surface area (Å²) in [4.78, 5) is 0. The molecule has 0 nitrogen and oxygen atoms in total. The minimum absolute atomic E-state index is 0. The maximum atomic E-state index is 0. The molecule has 0 amide bonds. The van der Waals surface area contributed by atoms with E-state index >= 15 is 0 Å². The first kappa shape index (κ1) is 31.8. The van der Waals surface area contributed by atoms with Gasteiger partial charge in [0.15, 0.2) is 0 Å². The van der Waals surface area contributed by atoms with Crippen LogP contribution in [0.2, 0.25) is 0 Å². The summed E-state index contributed by atoms with van der Waals surface area (Å²) in [5, 5.41) is 0. The minimum atomic E-state index is 0. The van der Waals surface area contributed by atoms with Gasteiger partial charge in [-0.3, -0.25) is 0 Å². The summed E-state index contributed by atoms with van der Waals surface area (Å²) in [5.74, 6) is 0. The third kappa shape index (κ3) is 8.82. The fourth-order valence-electron chi connectivity index (χ4n) is 0. The molecule has 0 fully saturated rings. The van der Waals surface area contributed by atoms with E-state index in [1.165, 1.54) is 0 Å². The van der Waals surface area contributed by atoms with Crippen LogP contribution in [0.15, 0.2) is 0 Å². The van der Waals surface area contributed by atoms with Gasteiger partial charge in [-0.05, 0) is 0 Å². The van der Waals surface area contributed by atoms with Crippen LogP contribution < -0.4 is 0 Å². The first-order valence-corrected chi connectivity index (χ1v) is 0. The van der Waals surface area contributed by atoms with Gasteiger partial charge < -0.3 is 0 Å². The van der Waals surface area contributed by atoms with E-state index in [1.807, 2.05) is 0 Å². The van der Waals surface area contributed by atoms with Crippen LogP contribution in [-0.4, -0.2) is 8.41 Å². The Kier molecular flexibility index (Phi) is 142. The zero-order valence-electron chi connectivity index (χ0n) is 1.19. The SMILES string of the molecule is B.[Ce].[Co].[Fe]. The fraction of sp³-hybridized carbons (Fsp3) is 0. The molecule has 4 heavy (non-hydrogen) atoms. The molecule has 0 aliphatic carbocycles.